The Morgan fingerprint density at radius 3 is 2.90 bits per heavy atom. The second-order valence-corrected chi connectivity index (χ2v) is 5.14. The summed E-state index contributed by atoms with van der Waals surface area (Å²) in [6.07, 6.45) is 1.38. The summed E-state index contributed by atoms with van der Waals surface area (Å²) in [6, 6.07) is 11.5. The van der Waals surface area contributed by atoms with Crippen molar-refractivity contribution in [1.82, 2.24) is 10.6 Å². The minimum atomic E-state index is -0.532. The fourth-order valence-corrected chi connectivity index (χ4v) is 2.35. The number of nitrogens with zero attached hydrogens (tertiary/aromatic N) is 1. The molecular weight excluding hydrogens is 252 g/mol. The number of nitriles is 1. The summed E-state index contributed by atoms with van der Waals surface area (Å²) >= 11 is 0. The molecular formula is C15H20N4O. The van der Waals surface area contributed by atoms with Crippen LogP contribution < -0.4 is 16.4 Å². The molecule has 106 valence electrons. The molecule has 0 saturated carbocycles. The molecule has 5 nitrogen and oxygen atoms in total. The van der Waals surface area contributed by atoms with Crippen molar-refractivity contribution in [2.45, 2.75) is 24.9 Å². The van der Waals surface area contributed by atoms with E-state index in [9.17, 15) is 4.79 Å². The van der Waals surface area contributed by atoms with E-state index in [4.69, 9.17) is 11.0 Å². The standard InChI is InChI=1S/C15H20N4O/c16-8-12-9-18-10-14(12)19-15(20)13(17)7-6-11-4-2-1-3-5-11/h1-5,12-14,18H,6-7,9-10,17H2,(H,19,20)/t12?,13-,14?/m0/s1. The smallest absolute Gasteiger partial charge is 0.237 e. The van der Waals surface area contributed by atoms with Crippen LogP contribution in [0.15, 0.2) is 30.3 Å². The lowest BCUT2D eigenvalue weighted by molar-refractivity contribution is -0.123. The summed E-state index contributed by atoms with van der Waals surface area (Å²) < 4.78 is 0. The van der Waals surface area contributed by atoms with Crippen LogP contribution in [-0.4, -0.2) is 31.1 Å². The maximum Gasteiger partial charge on any atom is 0.237 e. The molecule has 1 aromatic carbocycles. The van der Waals surface area contributed by atoms with Crippen molar-refractivity contribution in [2.75, 3.05) is 13.1 Å². The molecule has 1 amide bonds. The van der Waals surface area contributed by atoms with Crippen molar-refractivity contribution in [1.29, 1.82) is 5.26 Å². The van der Waals surface area contributed by atoms with Crippen LogP contribution in [0, 0.1) is 17.2 Å². The first-order valence-electron chi connectivity index (χ1n) is 6.91. The average molecular weight is 272 g/mol. The Morgan fingerprint density at radius 1 is 1.45 bits per heavy atom. The first kappa shape index (κ1) is 14.5. The number of hydrogen-bond acceptors (Lipinski definition) is 4. The summed E-state index contributed by atoms with van der Waals surface area (Å²) in [4.78, 5) is 12.0. The van der Waals surface area contributed by atoms with Gasteiger partial charge in [-0.15, -0.1) is 0 Å². The van der Waals surface area contributed by atoms with Gasteiger partial charge in [-0.1, -0.05) is 30.3 Å². The molecule has 0 aliphatic carbocycles. The van der Waals surface area contributed by atoms with E-state index in [1.807, 2.05) is 30.3 Å². The van der Waals surface area contributed by atoms with Crippen LogP contribution in [0.2, 0.25) is 0 Å². The molecule has 1 fully saturated rings. The van der Waals surface area contributed by atoms with Gasteiger partial charge < -0.3 is 16.4 Å². The van der Waals surface area contributed by atoms with Crippen LogP contribution in [-0.2, 0) is 11.2 Å². The van der Waals surface area contributed by atoms with Crippen LogP contribution in [0.4, 0.5) is 0 Å². The Morgan fingerprint density at radius 2 is 2.20 bits per heavy atom. The molecule has 2 unspecified atom stereocenters. The third kappa shape index (κ3) is 3.80. The van der Waals surface area contributed by atoms with Gasteiger partial charge in [0, 0.05) is 13.1 Å². The average Bonchev–Trinajstić information content (AvgIpc) is 2.93. The van der Waals surface area contributed by atoms with Crippen LogP contribution >= 0.6 is 0 Å². The Bertz CT molecular complexity index is 482. The van der Waals surface area contributed by atoms with Gasteiger partial charge in [-0.3, -0.25) is 4.79 Å². The van der Waals surface area contributed by atoms with E-state index in [1.54, 1.807) is 0 Å². The number of nitrogens with two attached hydrogens (primary N) is 1. The zero-order chi connectivity index (χ0) is 14.4. The Kier molecular flexibility index (Phi) is 5.10. The first-order chi connectivity index (χ1) is 9.70. The number of carbonyl (C=O) groups excluding carboxylic acids is 1. The number of hydrogen-bond donors (Lipinski definition) is 3. The van der Waals surface area contributed by atoms with Gasteiger partial charge >= 0.3 is 0 Å². The van der Waals surface area contributed by atoms with Crippen molar-refractivity contribution in [3.05, 3.63) is 35.9 Å². The fourth-order valence-electron chi connectivity index (χ4n) is 2.35. The lowest BCUT2D eigenvalue weighted by atomic mass is 10.0. The SMILES string of the molecule is N#CC1CNCC1NC(=O)[C@@H](N)CCc1ccccc1. The Labute approximate surface area is 119 Å². The fraction of sp³-hybridized carbons (Fsp3) is 0.467. The van der Waals surface area contributed by atoms with Gasteiger partial charge in [-0.2, -0.15) is 5.26 Å². The minimum absolute atomic E-state index is 0.129. The highest BCUT2D eigenvalue weighted by Crippen LogP contribution is 2.09. The number of nitrogens with one attached hydrogen (secondary N) is 2. The maximum atomic E-state index is 12.0. The van der Waals surface area contributed by atoms with Gasteiger partial charge in [0.2, 0.25) is 5.91 Å². The van der Waals surface area contributed by atoms with Crippen molar-refractivity contribution < 1.29 is 4.79 Å². The highest BCUT2D eigenvalue weighted by Gasteiger charge is 2.29. The molecule has 0 aromatic heterocycles. The quantitative estimate of drug-likeness (QED) is 0.713. The molecule has 1 aromatic rings. The van der Waals surface area contributed by atoms with Crippen molar-refractivity contribution in [2.24, 2.45) is 11.7 Å². The summed E-state index contributed by atoms with van der Waals surface area (Å²) in [5.74, 6) is -0.338. The van der Waals surface area contributed by atoms with Gasteiger partial charge in [0.15, 0.2) is 0 Å². The van der Waals surface area contributed by atoms with Crippen LogP contribution in [0.25, 0.3) is 0 Å². The normalized spacial score (nSPS) is 23.0. The highest BCUT2D eigenvalue weighted by molar-refractivity contribution is 5.81. The zero-order valence-corrected chi connectivity index (χ0v) is 11.4. The second kappa shape index (κ2) is 7.04. The summed E-state index contributed by atoms with van der Waals surface area (Å²) in [5, 5.41) is 14.9. The van der Waals surface area contributed by atoms with Crippen molar-refractivity contribution >= 4 is 5.91 Å². The minimum Gasteiger partial charge on any atom is -0.349 e. The zero-order valence-electron chi connectivity index (χ0n) is 11.4. The van der Waals surface area contributed by atoms with E-state index in [1.165, 1.54) is 5.56 Å². The highest BCUT2D eigenvalue weighted by atomic mass is 16.2. The summed E-state index contributed by atoms with van der Waals surface area (Å²) in [5.41, 5.74) is 7.09. The lowest BCUT2D eigenvalue weighted by Gasteiger charge is -2.18. The van der Waals surface area contributed by atoms with E-state index < -0.39 is 6.04 Å². The predicted molar refractivity (Wildman–Crippen MR) is 76.6 cm³/mol. The molecule has 0 bridgehead atoms. The molecule has 1 heterocycles. The van der Waals surface area contributed by atoms with Gasteiger partial charge in [0.05, 0.1) is 24.1 Å². The number of carbonyl (C=O) groups is 1. The maximum absolute atomic E-state index is 12.0. The monoisotopic (exact) mass is 272 g/mol. The van der Waals surface area contributed by atoms with Crippen LogP contribution in [0.1, 0.15) is 12.0 Å². The molecule has 4 N–H and O–H groups in total. The number of benzene rings is 1. The molecule has 1 aliphatic rings. The molecule has 20 heavy (non-hydrogen) atoms. The van der Waals surface area contributed by atoms with E-state index in [-0.39, 0.29) is 17.9 Å². The van der Waals surface area contributed by atoms with E-state index in [2.05, 4.69) is 16.7 Å². The van der Waals surface area contributed by atoms with Gasteiger partial charge in [0.25, 0.3) is 0 Å². The van der Waals surface area contributed by atoms with Crippen LogP contribution in [0.5, 0.6) is 0 Å². The molecule has 5 heteroatoms. The van der Waals surface area contributed by atoms with Gasteiger partial charge in [-0.25, -0.2) is 0 Å². The number of rotatable bonds is 5. The van der Waals surface area contributed by atoms with Crippen molar-refractivity contribution in [3.63, 3.8) is 0 Å². The van der Waals surface area contributed by atoms with Crippen LogP contribution in [0.3, 0.4) is 0 Å². The molecule has 1 aliphatic heterocycles. The van der Waals surface area contributed by atoms with E-state index >= 15 is 0 Å². The lowest BCUT2D eigenvalue weighted by Crippen LogP contribution is -2.48. The first-order valence-corrected chi connectivity index (χ1v) is 6.91. The molecule has 1 saturated heterocycles. The van der Waals surface area contributed by atoms with E-state index in [0.717, 1.165) is 6.42 Å². The predicted octanol–water partition coefficient (Wildman–Crippen LogP) is 0.174. The summed E-state index contributed by atoms with van der Waals surface area (Å²) in [7, 11) is 0. The topological polar surface area (TPSA) is 90.9 Å². The van der Waals surface area contributed by atoms with Crippen molar-refractivity contribution in [3.8, 4) is 6.07 Å². The van der Waals surface area contributed by atoms with Gasteiger partial charge in [0.1, 0.15) is 0 Å². The van der Waals surface area contributed by atoms with E-state index in [0.29, 0.717) is 19.5 Å². The number of aryl methyl sites for hydroxylation is 1. The third-order valence-electron chi connectivity index (χ3n) is 3.63. The van der Waals surface area contributed by atoms with Gasteiger partial charge in [-0.05, 0) is 18.4 Å². The Balaban J connectivity index is 1.79. The largest absolute Gasteiger partial charge is 0.349 e. The molecule has 3 atom stereocenters. The summed E-state index contributed by atoms with van der Waals surface area (Å²) in [6.45, 7) is 1.26. The molecule has 0 radical (unpaired) electrons. The molecule has 2 rings (SSSR count). The number of amides is 1. The third-order valence-corrected chi connectivity index (χ3v) is 3.63. The second-order valence-electron chi connectivity index (χ2n) is 5.14. The molecule has 0 spiro atoms. The Hall–Kier alpha value is -1.90.